The molecule has 0 bridgehead atoms. The molecule has 9 nitrogen and oxygen atoms in total. The van der Waals surface area contributed by atoms with Crippen LogP contribution in [0, 0.1) is 0 Å². The van der Waals surface area contributed by atoms with Crippen molar-refractivity contribution >= 4 is 23.7 Å². The molecule has 2 aliphatic rings. The number of benzene rings is 2. The summed E-state index contributed by atoms with van der Waals surface area (Å²) in [6.45, 7) is 5.37. The van der Waals surface area contributed by atoms with Crippen LogP contribution < -0.4 is 10.5 Å². The quantitative estimate of drug-likeness (QED) is 0.246. The Morgan fingerprint density at radius 1 is 1.10 bits per heavy atom. The summed E-state index contributed by atoms with van der Waals surface area (Å²) < 4.78 is 34.8. The van der Waals surface area contributed by atoms with Crippen molar-refractivity contribution in [1.82, 2.24) is 0 Å². The Hall–Kier alpha value is -3.66. The van der Waals surface area contributed by atoms with E-state index in [1.807, 2.05) is 32.1 Å². The predicted octanol–water partition coefficient (Wildman–Crippen LogP) is 4.91. The summed E-state index contributed by atoms with van der Waals surface area (Å²) in [5.74, 6) is -1.64. The minimum absolute atomic E-state index is 0.0573. The van der Waals surface area contributed by atoms with Crippen LogP contribution in [0.1, 0.15) is 59.9 Å². The Labute approximate surface area is 228 Å². The maximum absolute atomic E-state index is 13.3. The molecule has 0 radical (unpaired) electrons. The standard InChI is InChI=1S/C30H35NO8/c1-19-10-8-14-23(37-28(32)20-11-6-5-7-12-20)27-24(38-30(2,3)39-27)15-9-13-21-16-22(31)17-25(35-18-34-4)26(21)29(33)36-19/h5-9,11-14,16-17,19,23-24,27H,10,15,18,31H2,1-4H3/b13-9+,14-8-/t19-,23?,24-,27+/m0/s1. The number of esters is 2. The average Bonchev–Trinajstić information content (AvgIpc) is 3.20. The van der Waals surface area contributed by atoms with Crippen molar-refractivity contribution in [1.29, 1.82) is 0 Å². The number of fused-ring (bicyclic) bond motifs is 2. The molecule has 2 N–H and O–H groups in total. The number of carbonyl (C=O) groups is 2. The molecule has 0 spiro atoms. The molecule has 1 unspecified atom stereocenters. The van der Waals surface area contributed by atoms with Crippen LogP contribution in [0.15, 0.2) is 60.7 Å². The molecule has 0 aromatic heterocycles. The van der Waals surface area contributed by atoms with Gasteiger partial charge in [-0.1, -0.05) is 36.4 Å². The van der Waals surface area contributed by atoms with Crippen LogP contribution in [-0.4, -0.2) is 56.0 Å². The molecule has 1 fully saturated rings. The summed E-state index contributed by atoms with van der Waals surface area (Å²) in [6.07, 6.45) is 5.78. The summed E-state index contributed by atoms with van der Waals surface area (Å²) in [6, 6.07) is 12.0. The highest BCUT2D eigenvalue weighted by atomic mass is 16.8. The summed E-state index contributed by atoms with van der Waals surface area (Å²) in [4.78, 5) is 26.2. The SMILES string of the molecule is COCOc1cc(N)cc2c1C(=O)O[C@@H](C)C/C=C\C(OC(=O)c1ccccc1)[C@H]1OC(C)(C)O[C@H]1C/C=C/2. The third-order valence-electron chi connectivity index (χ3n) is 6.26. The molecule has 2 aromatic rings. The van der Waals surface area contributed by atoms with Gasteiger partial charge in [-0.3, -0.25) is 0 Å². The van der Waals surface area contributed by atoms with Crippen molar-refractivity contribution in [3.63, 3.8) is 0 Å². The van der Waals surface area contributed by atoms with Gasteiger partial charge in [-0.2, -0.15) is 0 Å². The van der Waals surface area contributed by atoms with Gasteiger partial charge in [0.2, 0.25) is 0 Å². The van der Waals surface area contributed by atoms with E-state index in [0.29, 0.717) is 29.7 Å². The average molecular weight is 538 g/mol. The maximum atomic E-state index is 13.3. The van der Waals surface area contributed by atoms with Gasteiger partial charge < -0.3 is 34.2 Å². The highest BCUT2D eigenvalue weighted by Crippen LogP contribution is 2.35. The molecule has 4 rings (SSSR count). The van der Waals surface area contributed by atoms with E-state index < -0.39 is 42.1 Å². The van der Waals surface area contributed by atoms with Crippen molar-refractivity contribution in [3.05, 3.63) is 77.4 Å². The zero-order valence-electron chi connectivity index (χ0n) is 22.6. The molecule has 208 valence electrons. The topological polar surface area (TPSA) is 116 Å². The number of nitrogen functional groups attached to an aromatic ring is 1. The fraction of sp³-hybridized carbons (Fsp3) is 0.400. The Morgan fingerprint density at radius 3 is 2.62 bits per heavy atom. The van der Waals surface area contributed by atoms with Crippen LogP contribution in [0.5, 0.6) is 5.75 Å². The Kier molecular flexibility index (Phi) is 9.06. The fourth-order valence-electron chi connectivity index (χ4n) is 4.57. The first-order valence-corrected chi connectivity index (χ1v) is 12.9. The van der Waals surface area contributed by atoms with Gasteiger partial charge in [0.1, 0.15) is 29.6 Å². The second kappa shape index (κ2) is 12.5. The number of hydrogen-bond acceptors (Lipinski definition) is 9. The molecule has 4 atom stereocenters. The lowest BCUT2D eigenvalue weighted by Crippen LogP contribution is -2.37. The smallest absolute Gasteiger partial charge is 0.342 e. The number of anilines is 1. The highest BCUT2D eigenvalue weighted by molar-refractivity contribution is 5.97. The van der Waals surface area contributed by atoms with Crippen LogP contribution in [0.25, 0.3) is 6.08 Å². The van der Waals surface area contributed by atoms with Crippen molar-refractivity contribution in [2.45, 2.75) is 63.8 Å². The van der Waals surface area contributed by atoms with E-state index in [4.69, 9.17) is 34.2 Å². The molecule has 2 heterocycles. The first kappa shape index (κ1) is 28.4. The second-order valence-electron chi connectivity index (χ2n) is 9.93. The van der Waals surface area contributed by atoms with Crippen molar-refractivity contribution in [2.24, 2.45) is 0 Å². The summed E-state index contributed by atoms with van der Waals surface area (Å²) >= 11 is 0. The predicted molar refractivity (Wildman–Crippen MR) is 145 cm³/mol. The fourth-order valence-corrected chi connectivity index (χ4v) is 4.57. The molecule has 0 saturated carbocycles. The molecule has 2 aliphatic heterocycles. The Morgan fingerprint density at radius 2 is 1.87 bits per heavy atom. The number of methoxy groups -OCH3 is 1. The van der Waals surface area contributed by atoms with E-state index in [-0.39, 0.29) is 18.1 Å². The first-order chi connectivity index (χ1) is 18.7. The minimum atomic E-state index is -0.891. The third kappa shape index (κ3) is 7.26. The minimum Gasteiger partial charge on any atom is -0.467 e. The molecule has 0 amide bonds. The molecule has 0 aliphatic carbocycles. The van der Waals surface area contributed by atoms with Gasteiger partial charge in [0.25, 0.3) is 0 Å². The van der Waals surface area contributed by atoms with Gasteiger partial charge in [0.05, 0.1) is 11.7 Å². The van der Waals surface area contributed by atoms with Crippen molar-refractivity contribution in [2.75, 3.05) is 19.6 Å². The molecule has 39 heavy (non-hydrogen) atoms. The van der Waals surface area contributed by atoms with Gasteiger partial charge >= 0.3 is 11.9 Å². The Bertz CT molecular complexity index is 1220. The van der Waals surface area contributed by atoms with Crippen LogP contribution in [0.3, 0.4) is 0 Å². The van der Waals surface area contributed by atoms with Gasteiger partial charge in [-0.15, -0.1) is 0 Å². The number of ether oxygens (including phenoxy) is 6. The molecular weight excluding hydrogens is 502 g/mol. The number of nitrogens with two attached hydrogens (primary N) is 1. The summed E-state index contributed by atoms with van der Waals surface area (Å²) in [5.41, 5.74) is 7.75. The normalized spacial score (nSPS) is 26.3. The first-order valence-electron chi connectivity index (χ1n) is 12.9. The summed E-state index contributed by atoms with van der Waals surface area (Å²) in [7, 11) is 1.49. The lowest BCUT2D eigenvalue weighted by atomic mass is 10.0. The number of rotatable bonds is 5. The van der Waals surface area contributed by atoms with E-state index in [9.17, 15) is 9.59 Å². The van der Waals surface area contributed by atoms with Crippen molar-refractivity contribution < 1.29 is 38.0 Å². The maximum Gasteiger partial charge on any atom is 0.342 e. The van der Waals surface area contributed by atoms with Crippen molar-refractivity contribution in [3.8, 4) is 5.75 Å². The van der Waals surface area contributed by atoms with E-state index in [1.54, 1.807) is 55.5 Å². The number of carbonyl (C=O) groups excluding carboxylic acids is 2. The zero-order chi connectivity index (χ0) is 28.0. The van der Waals surface area contributed by atoms with Crippen LogP contribution >= 0.6 is 0 Å². The molecule has 1 saturated heterocycles. The monoisotopic (exact) mass is 537 g/mol. The lowest BCUT2D eigenvalue weighted by Gasteiger charge is -2.24. The van der Waals surface area contributed by atoms with Crippen LogP contribution in [-0.2, 0) is 23.7 Å². The van der Waals surface area contributed by atoms with Gasteiger partial charge in [0.15, 0.2) is 12.6 Å². The van der Waals surface area contributed by atoms with Gasteiger partial charge in [-0.05, 0) is 57.0 Å². The van der Waals surface area contributed by atoms with E-state index in [1.165, 1.54) is 7.11 Å². The zero-order valence-corrected chi connectivity index (χ0v) is 22.6. The largest absolute Gasteiger partial charge is 0.467 e. The van der Waals surface area contributed by atoms with Crippen LogP contribution in [0.2, 0.25) is 0 Å². The third-order valence-corrected chi connectivity index (χ3v) is 6.26. The van der Waals surface area contributed by atoms with E-state index >= 15 is 0 Å². The van der Waals surface area contributed by atoms with E-state index in [0.717, 1.165) is 0 Å². The lowest BCUT2D eigenvalue weighted by molar-refractivity contribution is -0.152. The number of cyclic esters (lactones) is 1. The van der Waals surface area contributed by atoms with E-state index in [2.05, 4.69) is 0 Å². The molecule has 9 heteroatoms. The van der Waals surface area contributed by atoms with Gasteiger partial charge in [-0.25, -0.2) is 9.59 Å². The molecule has 2 aromatic carbocycles. The Balaban J connectivity index is 1.69. The summed E-state index contributed by atoms with van der Waals surface area (Å²) in [5, 5.41) is 0. The van der Waals surface area contributed by atoms with Gasteiger partial charge in [0, 0.05) is 25.3 Å². The number of hydrogen-bond donors (Lipinski definition) is 1. The highest BCUT2D eigenvalue weighted by Gasteiger charge is 2.45. The van der Waals surface area contributed by atoms with Crippen LogP contribution in [0.4, 0.5) is 5.69 Å². The molecular formula is C30H35NO8. The second-order valence-corrected chi connectivity index (χ2v) is 9.93.